The van der Waals surface area contributed by atoms with Crippen LogP contribution in [-0.2, 0) is 30.1 Å². The van der Waals surface area contributed by atoms with Crippen LogP contribution < -0.4 is 4.74 Å². The molecule has 0 aromatic heterocycles. The lowest BCUT2D eigenvalue weighted by Crippen LogP contribution is -2.43. The fraction of sp³-hybridized carbons (Fsp3) is 0.120. The highest BCUT2D eigenvalue weighted by Gasteiger charge is 2.60. The summed E-state index contributed by atoms with van der Waals surface area (Å²) in [5, 5.41) is 39.4. The Balaban J connectivity index is 1.61. The maximum Gasteiger partial charge on any atom is 0.340 e. The Kier molecular flexibility index (Phi) is 4.10. The lowest BCUT2D eigenvalue weighted by atomic mass is 9.74. The van der Waals surface area contributed by atoms with Crippen LogP contribution in [0.3, 0.4) is 0 Å². The molecule has 11 nitrogen and oxygen atoms in total. The largest absolute Gasteiger partial charge is 0.508 e. The van der Waals surface area contributed by atoms with Gasteiger partial charge >= 0.3 is 11.9 Å². The van der Waals surface area contributed by atoms with E-state index >= 15 is 0 Å². The van der Waals surface area contributed by atoms with Crippen LogP contribution in [0.25, 0.3) is 0 Å². The van der Waals surface area contributed by atoms with E-state index in [1.807, 2.05) is 0 Å². The van der Waals surface area contributed by atoms with Gasteiger partial charge in [-0.2, -0.15) is 5.06 Å². The highest BCUT2D eigenvalue weighted by molar-refractivity contribution is 6.19. The second-order valence-electron chi connectivity index (χ2n) is 8.69. The van der Waals surface area contributed by atoms with Gasteiger partial charge in [-0.25, -0.2) is 4.79 Å². The smallest absolute Gasteiger partial charge is 0.340 e. The van der Waals surface area contributed by atoms with Crippen LogP contribution in [-0.4, -0.2) is 49.3 Å². The number of rotatable bonds is 2. The molecule has 180 valence electrons. The number of carboxylic acids is 1. The van der Waals surface area contributed by atoms with Gasteiger partial charge in [-0.3, -0.25) is 19.6 Å². The summed E-state index contributed by atoms with van der Waals surface area (Å²) >= 11 is 0. The van der Waals surface area contributed by atoms with Crippen molar-refractivity contribution in [1.82, 2.24) is 5.06 Å². The molecule has 2 amide bonds. The molecule has 3 aliphatic heterocycles. The third kappa shape index (κ3) is 2.49. The maximum absolute atomic E-state index is 13.2. The highest BCUT2D eigenvalue weighted by Crippen LogP contribution is 2.57. The van der Waals surface area contributed by atoms with Gasteiger partial charge in [0.2, 0.25) is 0 Å². The molecule has 0 aliphatic carbocycles. The predicted octanol–water partition coefficient (Wildman–Crippen LogP) is 2.14. The number of carbonyl (C=O) groups excluding carboxylic acids is 3. The Morgan fingerprint density at radius 3 is 1.97 bits per heavy atom. The molecule has 6 rings (SSSR count). The molecule has 36 heavy (non-hydrogen) atoms. The van der Waals surface area contributed by atoms with E-state index in [1.165, 1.54) is 54.6 Å². The van der Waals surface area contributed by atoms with Crippen LogP contribution in [0.2, 0.25) is 0 Å². The fourth-order valence-electron chi connectivity index (χ4n) is 5.16. The summed E-state index contributed by atoms with van der Waals surface area (Å²) in [5.41, 5.74) is -3.23. The number of hydroxylamine groups is 2. The van der Waals surface area contributed by atoms with Gasteiger partial charge in [0.15, 0.2) is 11.0 Å². The number of benzene rings is 3. The number of amides is 2. The molecule has 1 spiro atoms. The molecule has 0 saturated carbocycles. The molecule has 11 heteroatoms. The van der Waals surface area contributed by atoms with Crippen molar-refractivity contribution in [3.05, 3.63) is 82.4 Å². The number of imide groups is 1. The van der Waals surface area contributed by atoms with Gasteiger partial charge in [-0.05, 0) is 35.9 Å². The van der Waals surface area contributed by atoms with E-state index < -0.39 is 41.2 Å². The van der Waals surface area contributed by atoms with Crippen molar-refractivity contribution in [1.29, 1.82) is 0 Å². The van der Waals surface area contributed by atoms with E-state index in [2.05, 4.69) is 0 Å². The number of hydrogen-bond acceptors (Lipinski definition) is 9. The number of nitrogens with zero attached hydrogens (tertiary/aromatic N) is 1. The molecule has 0 radical (unpaired) electrons. The van der Waals surface area contributed by atoms with Gasteiger partial charge < -0.3 is 24.8 Å². The first-order valence-electron chi connectivity index (χ1n) is 10.6. The summed E-state index contributed by atoms with van der Waals surface area (Å²) in [5.74, 6) is -4.85. The lowest BCUT2D eigenvalue weighted by molar-refractivity contribution is -0.174. The van der Waals surface area contributed by atoms with Crippen LogP contribution in [0.15, 0.2) is 54.6 Å². The number of ether oxygens (including phenoxy) is 2. The average molecular weight is 489 g/mol. The molecular formula is C25H15NO10. The van der Waals surface area contributed by atoms with Crippen molar-refractivity contribution in [2.45, 2.75) is 17.4 Å². The molecule has 3 aliphatic rings. The van der Waals surface area contributed by atoms with Gasteiger partial charge in [0.05, 0.1) is 12.0 Å². The molecule has 1 atom stereocenters. The van der Waals surface area contributed by atoms with Crippen molar-refractivity contribution in [2.75, 3.05) is 0 Å². The van der Waals surface area contributed by atoms with E-state index in [1.54, 1.807) is 0 Å². The predicted molar refractivity (Wildman–Crippen MR) is 116 cm³/mol. The van der Waals surface area contributed by atoms with E-state index in [0.717, 1.165) is 0 Å². The van der Waals surface area contributed by atoms with E-state index in [4.69, 9.17) is 9.47 Å². The summed E-state index contributed by atoms with van der Waals surface area (Å²) in [4.78, 5) is 50.1. The van der Waals surface area contributed by atoms with Crippen LogP contribution in [0.5, 0.6) is 23.0 Å². The Morgan fingerprint density at radius 2 is 1.44 bits per heavy atom. The Morgan fingerprint density at radius 1 is 0.861 bits per heavy atom. The minimum Gasteiger partial charge on any atom is -0.508 e. The minimum atomic E-state index is -2.42. The average Bonchev–Trinajstić information content (AvgIpc) is 3.25. The van der Waals surface area contributed by atoms with Crippen LogP contribution in [0.1, 0.15) is 39.0 Å². The first kappa shape index (κ1) is 21.6. The summed E-state index contributed by atoms with van der Waals surface area (Å²) in [6.07, 6.45) is -0.825. The first-order valence-corrected chi connectivity index (χ1v) is 10.6. The van der Waals surface area contributed by atoms with Crippen LogP contribution in [0.4, 0.5) is 0 Å². The minimum absolute atomic E-state index is 0.0651. The van der Waals surface area contributed by atoms with Crippen LogP contribution in [0, 0.1) is 0 Å². The summed E-state index contributed by atoms with van der Waals surface area (Å²) < 4.78 is 11.8. The Hall–Kier alpha value is -4.90. The van der Waals surface area contributed by atoms with Crippen molar-refractivity contribution in [3.63, 3.8) is 0 Å². The third-order valence-electron chi connectivity index (χ3n) is 6.84. The zero-order valence-corrected chi connectivity index (χ0v) is 18.1. The van der Waals surface area contributed by atoms with E-state index in [-0.39, 0.29) is 44.8 Å². The summed E-state index contributed by atoms with van der Waals surface area (Å²) in [6.45, 7) is 0. The number of phenols is 2. The number of esters is 1. The Bertz CT molecular complexity index is 1510. The zero-order chi connectivity index (χ0) is 25.6. The van der Waals surface area contributed by atoms with Crippen molar-refractivity contribution < 1.29 is 49.2 Å². The Labute approximate surface area is 201 Å². The number of hydrogen-bond donors (Lipinski definition) is 4. The van der Waals surface area contributed by atoms with Gasteiger partial charge in [-0.1, -0.05) is 12.1 Å². The second kappa shape index (κ2) is 6.83. The van der Waals surface area contributed by atoms with Crippen LogP contribution >= 0.6 is 0 Å². The first-order chi connectivity index (χ1) is 17.1. The number of aliphatic carboxylic acids is 1. The van der Waals surface area contributed by atoms with Gasteiger partial charge in [-0.15, -0.1) is 0 Å². The molecule has 4 N–H and O–H groups in total. The normalized spacial score (nSPS) is 21.0. The standard InChI is InChI=1S/C25H15NO10/c27-12-2-5-16-18(8-12)35-19-9-13(28)3-6-17(19)25(16)15-4-1-11(7-14(15)21(30)36-25)24(23(32)33)10-20(29)26(34)22(24)31/h1-9,27-28,34H,10H2,(H,32,33). The molecule has 3 aromatic rings. The topological polar surface area (TPSA) is 171 Å². The van der Waals surface area contributed by atoms with E-state index in [9.17, 15) is 39.7 Å². The molecule has 1 unspecified atom stereocenters. The van der Waals surface area contributed by atoms with Crippen molar-refractivity contribution in [3.8, 4) is 23.0 Å². The molecule has 0 bridgehead atoms. The molecule has 3 heterocycles. The number of carboxylic acid groups (broad SMARTS) is 1. The van der Waals surface area contributed by atoms with Gasteiger partial charge in [0, 0.05) is 28.8 Å². The maximum atomic E-state index is 13.2. The second-order valence-corrected chi connectivity index (χ2v) is 8.69. The molecule has 1 fully saturated rings. The number of aromatic hydroxyl groups is 2. The molecular weight excluding hydrogens is 474 g/mol. The fourth-order valence-corrected chi connectivity index (χ4v) is 5.16. The summed E-state index contributed by atoms with van der Waals surface area (Å²) in [7, 11) is 0. The quantitative estimate of drug-likeness (QED) is 0.181. The number of fused-ring (bicyclic) bond motifs is 6. The number of phenolic OH excluding ortho intramolecular Hbond substituents is 2. The highest BCUT2D eigenvalue weighted by atomic mass is 16.6. The van der Waals surface area contributed by atoms with Crippen molar-refractivity contribution >= 4 is 23.8 Å². The monoisotopic (exact) mass is 489 g/mol. The number of carbonyl (C=O) groups is 4. The molecule has 3 aromatic carbocycles. The zero-order valence-electron chi connectivity index (χ0n) is 18.1. The van der Waals surface area contributed by atoms with Gasteiger partial charge in [0.25, 0.3) is 11.8 Å². The van der Waals surface area contributed by atoms with E-state index in [0.29, 0.717) is 11.1 Å². The lowest BCUT2D eigenvalue weighted by Gasteiger charge is -2.36. The molecule has 1 saturated heterocycles. The third-order valence-corrected chi connectivity index (χ3v) is 6.84. The SMILES string of the molecule is O=C1OC2(c3ccc(O)cc3Oc3cc(O)ccc32)c2ccc(C3(C(=O)O)CC(=O)N(O)C3=O)cc21. The summed E-state index contributed by atoms with van der Waals surface area (Å²) in [6, 6.07) is 12.3. The van der Waals surface area contributed by atoms with Crippen molar-refractivity contribution in [2.24, 2.45) is 0 Å². The van der Waals surface area contributed by atoms with Gasteiger partial charge in [0.1, 0.15) is 23.0 Å².